The maximum atomic E-state index is 12.9. The Balaban J connectivity index is 1.30. The van der Waals surface area contributed by atoms with Crippen LogP contribution in [0.25, 0.3) is 0 Å². The fourth-order valence-corrected chi connectivity index (χ4v) is 4.94. The van der Waals surface area contributed by atoms with Crippen LogP contribution in [-0.2, 0) is 22.7 Å². The van der Waals surface area contributed by atoms with Gasteiger partial charge in [0, 0.05) is 37.2 Å². The van der Waals surface area contributed by atoms with E-state index in [1.807, 2.05) is 12.1 Å². The van der Waals surface area contributed by atoms with Gasteiger partial charge in [0.1, 0.15) is 6.04 Å². The highest BCUT2D eigenvalue weighted by atomic mass is 16.2. The minimum absolute atomic E-state index is 0.108. The van der Waals surface area contributed by atoms with Gasteiger partial charge in [-0.3, -0.25) is 19.7 Å². The normalized spacial score (nSPS) is 32.1. The largest absolute Gasteiger partial charge is 0.322 e. The van der Waals surface area contributed by atoms with E-state index in [9.17, 15) is 14.4 Å². The first kappa shape index (κ1) is 16.9. The molecular weight excluding hydrogens is 344 g/mol. The molecule has 7 heteroatoms. The molecule has 4 aliphatic rings. The zero-order valence-corrected chi connectivity index (χ0v) is 15.2. The Kier molecular flexibility index (Phi) is 4.02. The summed E-state index contributed by atoms with van der Waals surface area (Å²) in [5.74, 6) is 0.00485. The van der Waals surface area contributed by atoms with Gasteiger partial charge in [0.05, 0.1) is 0 Å². The van der Waals surface area contributed by atoms with Gasteiger partial charge in [0.2, 0.25) is 11.8 Å². The summed E-state index contributed by atoms with van der Waals surface area (Å²) in [5, 5.41) is 9.57. The van der Waals surface area contributed by atoms with Gasteiger partial charge in [0.25, 0.3) is 5.91 Å². The molecule has 0 aromatic heterocycles. The zero-order chi connectivity index (χ0) is 18.5. The van der Waals surface area contributed by atoms with Crippen molar-refractivity contribution in [2.45, 2.75) is 56.9 Å². The molecular formula is C20H24N4O3. The van der Waals surface area contributed by atoms with Crippen LogP contribution in [0.4, 0.5) is 0 Å². The Morgan fingerprint density at radius 2 is 2.07 bits per heavy atom. The van der Waals surface area contributed by atoms with Gasteiger partial charge in [-0.25, -0.2) is 0 Å². The van der Waals surface area contributed by atoms with E-state index in [1.165, 1.54) is 12.8 Å². The van der Waals surface area contributed by atoms with Gasteiger partial charge in [-0.2, -0.15) is 0 Å². The number of hydrogen-bond acceptors (Lipinski definition) is 5. The topological polar surface area (TPSA) is 90.5 Å². The van der Waals surface area contributed by atoms with Gasteiger partial charge in [-0.05, 0) is 48.9 Å². The second-order valence-corrected chi connectivity index (χ2v) is 8.04. The molecule has 3 aliphatic heterocycles. The third-order valence-electron chi connectivity index (χ3n) is 6.47. The average molecular weight is 368 g/mol. The van der Waals surface area contributed by atoms with Crippen molar-refractivity contribution in [2.75, 3.05) is 6.54 Å². The van der Waals surface area contributed by atoms with Crippen molar-refractivity contribution in [1.82, 2.24) is 20.9 Å². The maximum Gasteiger partial charge on any atom is 0.255 e. The van der Waals surface area contributed by atoms with Crippen LogP contribution in [0.15, 0.2) is 18.2 Å². The molecule has 0 radical (unpaired) electrons. The van der Waals surface area contributed by atoms with Gasteiger partial charge in [-0.15, -0.1) is 0 Å². The van der Waals surface area contributed by atoms with E-state index in [2.05, 4.69) is 22.0 Å². The summed E-state index contributed by atoms with van der Waals surface area (Å²) in [6, 6.07) is 6.38. The van der Waals surface area contributed by atoms with Crippen LogP contribution < -0.4 is 16.0 Å². The Hall–Kier alpha value is -2.25. The van der Waals surface area contributed by atoms with E-state index in [0.29, 0.717) is 30.6 Å². The lowest BCUT2D eigenvalue weighted by Crippen LogP contribution is -2.52. The first-order valence-corrected chi connectivity index (χ1v) is 9.85. The summed E-state index contributed by atoms with van der Waals surface area (Å²) < 4.78 is 0. The quantitative estimate of drug-likeness (QED) is 0.665. The molecule has 142 valence electrons. The summed E-state index contributed by atoms with van der Waals surface area (Å²) >= 11 is 0. The first-order valence-electron chi connectivity index (χ1n) is 9.85. The number of amides is 3. The van der Waals surface area contributed by atoms with Crippen LogP contribution in [0.1, 0.15) is 47.2 Å². The number of fused-ring (bicyclic) bond motifs is 2. The fourth-order valence-electron chi connectivity index (χ4n) is 4.94. The van der Waals surface area contributed by atoms with Gasteiger partial charge < -0.3 is 15.5 Å². The van der Waals surface area contributed by atoms with Crippen LogP contribution in [0.3, 0.4) is 0 Å². The second-order valence-electron chi connectivity index (χ2n) is 8.04. The van der Waals surface area contributed by atoms with Crippen molar-refractivity contribution in [3.63, 3.8) is 0 Å². The number of nitrogens with one attached hydrogen (secondary N) is 3. The number of piperidine rings is 2. The Morgan fingerprint density at radius 3 is 2.85 bits per heavy atom. The molecule has 2 saturated heterocycles. The van der Waals surface area contributed by atoms with Crippen molar-refractivity contribution in [3.05, 3.63) is 34.9 Å². The summed E-state index contributed by atoms with van der Waals surface area (Å²) in [4.78, 5) is 38.1. The highest BCUT2D eigenvalue weighted by Gasteiger charge is 2.50. The average Bonchev–Trinajstić information content (AvgIpc) is 3.28. The third-order valence-corrected chi connectivity index (χ3v) is 6.47. The van der Waals surface area contributed by atoms with Crippen LogP contribution >= 0.6 is 0 Å². The van der Waals surface area contributed by atoms with Crippen molar-refractivity contribution in [3.8, 4) is 0 Å². The van der Waals surface area contributed by atoms with Gasteiger partial charge in [0.15, 0.2) is 0 Å². The number of hydrogen-bond donors (Lipinski definition) is 3. The van der Waals surface area contributed by atoms with E-state index < -0.39 is 6.04 Å². The second kappa shape index (κ2) is 6.42. The van der Waals surface area contributed by atoms with E-state index in [1.54, 1.807) is 4.90 Å². The predicted octanol–water partition coefficient (Wildman–Crippen LogP) is 0.288. The Labute approximate surface area is 157 Å². The lowest BCUT2D eigenvalue weighted by atomic mass is 10.0. The number of carbonyl (C=O) groups is 3. The molecule has 1 aromatic rings. The molecule has 1 saturated carbocycles. The molecule has 3 heterocycles. The lowest BCUT2D eigenvalue weighted by molar-refractivity contribution is -0.136. The summed E-state index contributed by atoms with van der Waals surface area (Å²) in [5.41, 5.74) is 2.82. The summed E-state index contributed by atoms with van der Waals surface area (Å²) in [7, 11) is 0. The molecule has 3 N–H and O–H groups in total. The molecule has 0 spiro atoms. The van der Waals surface area contributed by atoms with Crippen molar-refractivity contribution in [2.24, 2.45) is 5.92 Å². The molecule has 5 rings (SSSR count). The molecule has 4 unspecified atom stereocenters. The van der Waals surface area contributed by atoms with E-state index in [4.69, 9.17) is 0 Å². The van der Waals surface area contributed by atoms with E-state index in [0.717, 1.165) is 30.1 Å². The van der Waals surface area contributed by atoms with Crippen molar-refractivity contribution in [1.29, 1.82) is 0 Å². The Morgan fingerprint density at radius 1 is 1.19 bits per heavy atom. The number of imide groups is 1. The van der Waals surface area contributed by atoms with E-state index >= 15 is 0 Å². The maximum absolute atomic E-state index is 12.9. The fraction of sp³-hybridized carbons (Fsp3) is 0.550. The number of carbonyl (C=O) groups excluding carboxylic acids is 3. The molecule has 3 amide bonds. The molecule has 27 heavy (non-hydrogen) atoms. The standard InChI is InChI=1S/C20H24N4O3/c25-16-7-6-15(19(26)23-16)24-10-14-11(3-1-4-12(14)20(24)27)9-22-18-13-5-2-8-21-17(13)18/h1,3-4,13,15,17-18,21-22H,2,5-10H2,(H,23,25,26). The van der Waals surface area contributed by atoms with Crippen LogP contribution in [0.2, 0.25) is 0 Å². The highest BCUT2D eigenvalue weighted by molar-refractivity contribution is 6.05. The molecule has 1 aromatic carbocycles. The molecule has 7 nitrogen and oxygen atoms in total. The molecule has 4 atom stereocenters. The SMILES string of the molecule is O=C1CCC(N2Cc3c(CNC4C5CCCNC54)cccc3C2=O)C(=O)N1. The van der Waals surface area contributed by atoms with Gasteiger partial charge in [-0.1, -0.05) is 12.1 Å². The molecule has 1 aliphatic carbocycles. The lowest BCUT2D eigenvalue weighted by Gasteiger charge is -2.29. The Bertz CT molecular complexity index is 811. The monoisotopic (exact) mass is 368 g/mol. The predicted molar refractivity (Wildman–Crippen MR) is 97.6 cm³/mol. The third kappa shape index (κ3) is 2.85. The number of benzene rings is 1. The van der Waals surface area contributed by atoms with Crippen LogP contribution in [-0.4, -0.2) is 47.3 Å². The number of rotatable bonds is 4. The van der Waals surface area contributed by atoms with Crippen LogP contribution in [0, 0.1) is 5.92 Å². The highest BCUT2D eigenvalue weighted by Crippen LogP contribution is 2.38. The minimum atomic E-state index is -0.557. The summed E-state index contributed by atoms with van der Waals surface area (Å²) in [6.07, 6.45) is 3.21. The first-order chi connectivity index (χ1) is 13.1. The smallest absolute Gasteiger partial charge is 0.255 e. The van der Waals surface area contributed by atoms with Gasteiger partial charge >= 0.3 is 0 Å². The molecule has 3 fully saturated rings. The van der Waals surface area contributed by atoms with Crippen molar-refractivity contribution < 1.29 is 14.4 Å². The summed E-state index contributed by atoms with van der Waals surface area (Å²) in [6.45, 7) is 2.28. The van der Waals surface area contributed by atoms with Crippen LogP contribution in [0.5, 0.6) is 0 Å². The molecule has 0 bridgehead atoms. The van der Waals surface area contributed by atoms with E-state index in [-0.39, 0.29) is 24.1 Å². The zero-order valence-electron chi connectivity index (χ0n) is 15.2. The number of nitrogens with zero attached hydrogens (tertiary/aromatic N) is 1. The minimum Gasteiger partial charge on any atom is -0.322 e. The van der Waals surface area contributed by atoms with Crippen molar-refractivity contribution >= 4 is 17.7 Å².